The van der Waals surface area contributed by atoms with E-state index in [1.54, 1.807) is 0 Å². The van der Waals surface area contributed by atoms with Gasteiger partial charge >= 0.3 is 16.3 Å². The molecule has 22 heteroatoms. The predicted octanol–water partition coefficient (Wildman–Crippen LogP) is -3.39. The molecule has 1 saturated heterocycles. The Hall–Kier alpha value is -4.41. The number of guanidine groups is 1. The molecular weight excluding hydrogens is 600 g/mol. The van der Waals surface area contributed by atoms with Gasteiger partial charge in [0.1, 0.15) is 17.8 Å². The number of oxime groups is 1. The molecule has 3 heterocycles. The van der Waals surface area contributed by atoms with Gasteiger partial charge in [-0.1, -0.05) is 5.16 Å². The van der Waals surface area contributed by atoms with E-state index >= 15 is 0 Å². The number of rotatable bonds is 15. The Labute approximate surface area is 241 Å². The third-order valence-corrected chi connectivity index (χ3v) is 7.76. The number of nitrogen functional groups attached to an aromatic ring is 1. The van der Waals surface area contributed by atoms with Crippen molar-refractivity contribution in [1.29, 1.82) is 0 Å². The fourth-order valence-corrected chi connectivity index (χ4v) is 5.26. The second-order valence-electron chi connectivity index (χ2n) is 9.26. The first-order valence-electron chi connectivity index (χ1n) is 12.3. The van der Waals surface area contributed by atoms with Crippen LogP contribution >= 0.6 is 11.3 Å². The van der Waals surface area contributed by atoms with Crippen LogP contribution < -0.4 is 27.8 Å². The van der Waals surface area contributed by atoms with Crippen molar-refractivity contribution in [3.05, 3.63) is 23.0 Å². The molecule has 2 atom stereocenters. The number of anilines is 1. The quantitative estimate of drug-likeness (QED) is 0.0252. The molecule has 4 rings (SSSR count). The van der Waals surface area contributed by atoms with Gasteiger partial charge in [0.05, 0.1) is 18.4 Å². The maximum atomic E-state index is 13.2. The highest BCUT2D eigenvalue weighted by Gasteiger charge is 2.56. The molecule has 2 amide bonds. The van der Waals surface area contributed by atoms with Crippen molar-refractivity contribution in [2.75, 3.05) is 18.8 Å². The average molecular weight is 629 g/mol. The van der Waals surface area contributed by atoms with Crippen LogP contribution in [0.3, 0.4) is 0 Å². The lowest BCUT2D eigenvalue weighted by Crippen LogP contribution is -2.73. The first kappa shape index (κ1) is 30.5. The summed E-state index contributed by atoms with van der Waals surface area (Å²) in [6, 6.07) is -2.78. The minimum absolute atomic E-state index is 0.00430. The van der Waals surface area contributed by atoms with E-state index in [2.05, 4.69) is 36.0 Å². The van der Waals surface area contributed by atoms with E-state index < -0.39 is 51.5 Å². The second-order valence-corrected chi connectivity index (χ2v) is 11.4. The summed E-state index contributed by atoms with van der Waals surface area (Å²) in [5.74, 6) is -3.43. The molecule has 228 valence electrons. The van der Waals surface area contributed by atoms with Gasteiger partial charge in [-0.05, 0) is 13.0 Å². The number of aliphatic imine (C=N–C) groups is 1. The molecule has 1 unspecified atom stereocenters. The Balaban J connectivity index is 1.45. The second kappa shape index (κ2) is 12.2. The van der Waals surface area contributed by atoms with Crippen LogP contribution in [0.1, 0.15) is 30.7 Å². The Morgan fingerprint density at radius 3 is 2.64 bits per heavy atom. The predicted molar refractivity (Wildman–Crippen MR) is 145 cm³/mol. The van der Waals surface area contributed by atoms with E-state index in [-0.39, 0.29) is 40.5 Å². The number of nitrogens with one attached hydrogen (secondary N) is 2. The van der Waals surface area contributed by atoms with Crippen LogP contribution in [0.15, 0.2) is 21.7 Å². The van der Waals surface area contributed by atoms with Crippen LogP contribution in [0, 0.1) is 0 Å². The largest absolute Gasteiger partial charge is 0.478 e. The molecule has 20 nitrogen and oxygen atoms in total. The van der Waals surface area contributed by atoms with Gasteiger partial charge in [-0.3, -0.25) is 19.1 Å². The summed E-state index contributed by atoms with van der Waals surface area (Å²) >= 11 is 0.969. The van der Waals surface area contributed by atoms with Gasteiger partial charge in [-0.2, -0.15) is 23.4 Å². The molecular formula is C20H28N12O8S2. The van der Waals surface area contributed by atoms with Crippen molar-refractivity contribution in [3.63, 3.8) is 0 Å². The van der Waals surface area contributed by atoms with E-state index in [4.69, 9.17) is 22.0 Å². The summed E-state index contributed by atoms with van der Waals surface area (Å²) in [6.45, 7) is 0.986. The Kier molecular flexibility index (Phi) is 8.89. The molecule has 10 N–H and O–H groups in total. The number of amides is 2. The van der Waals surface area contributed by atoms with Crippen molar-refractivity contribution in [2.45, 2.75) is 50.0 Å². The number of carboxylic acids is 1. The maximum Gasteiger partial charge on any atom is 0.362 e. The van der Waals surface area contributed by atoms with E-state index in [1.165, 1.54) is 11.6 Å². The number of hydrogen-bond acceptors (Lipinski definition) is 14. The molecule has 2 aliphatic rings. The lowest BCUT2D eigenvalue weighted by Gasteiger charge is -2.43. The van der Waals surface area contributed by atoms with Crippen LogP contribution in [0.25, 0.3) is 0 Å². The molecule has 2 aromatic heterocycles. The van der Waals surface area contributed by atoms with E-state index in [0.29, 0.717) is 31.7 Å². The minimum atomic E-state index is -5.00. The zero-order valence-corrected chi connectivity index (χ0v) is 23.4. The summed E-state index contributed by atoms with van der Waals surface area (Å²) in [4.78, 5) is 51.4. The summed E-state index contributed by atoms with van der Waals surface area (Å²) in [5, 5.41) is 28.2. The monoisotopic (exact) mass is 628 g/mol. The van der Waals surface area contributed by atoms with Gasteiger partial charge in [0.2, 0.25) is 5.60 Å². The van der Waals surface area contributed by atoms with Crippen LogP contribution in [0.4, 0.5) is 5.13 Å². The van der Waals surface area contributed by atoms with Crippen molar-refractivity contribution in [3.8, 4) is 0 Å². The van der Waals surface area contributed by atoms with E-state index in [1.807, 2.05) is 0 Å². The van der Waals surface area contributed by atoms with Crippen LogP contribution in [-0.4, -0.2) is 103 Å². The van der Waals surface area contributed by atoms with Crippen LogP contribution in [0.2, 0.25) is 0 Å². The highest BCUT2D eigenvalue weighted by Crippen LogP contribution is 2.40. The molecule has 42 heavy (non-hydrogen) atoms. The van der Waals surface area contributed by atoms with Crippen molar-refractivity contribution in [2.24, 2.45) is 21.6 Å². The summed E-state index contributed by atoms with van der Waals surface area (Å²) in [7, 11) is -5.00. The number of aliphatic carboxylic acids is 1. The smallest absolute Gasteiger partial charge is 0.362 e. The van der Waals surface area contributed by atoms with Crippen molar-refractivity contribution in [1.82, 2.24) is 34.9 Å². The zero-order chi connectivity index (χ0) is 30.7. The highest BCUT2D eigenvalue weighted by molar-refractivity contribution is 7.84. The third kappa shape index (κ3) is 7.07. The van der Waals surface area contributed by atoms with Gasteiger partial charge in [-0.15, -0.1) is 11.3 Å². The number of carbonyl (C=O) groups excluding carboxylic acids is 2. The van der Waals surface area contributed by atoms with E-state index in [0.717, 1.165) is 16.1 Å². The molecule has 0 bridgehead atoms. The van der Waals surface area contributed by atoms with E-state index in [9.17, 15) is 32.5 Å². The first-order valence-corrected chi connectivity index (χ1v) is 14.6. The minimum Gasteiger partial charge on any atom is -0.478 e. The van der Waals surface area contributed by atoms with Crippen molar-refractivity contribution < 1.29 is 37.3 Å². The number of nitrogens with zero attached hydrogens (tertiary/aromatic N) is 7. The number of hydrogen-bond donors (Lipinski definition) is 7. The fourth-order valence-electron chi connectivity index (χ4n) is 3.84. The molecule has 0 aromatic carbocycles. The Bertz CT molecular complexity index is 1510. The maximum absolute atomic E-state index is 13.2. The summed E-state index contributed by atoms with van der Waals surface area (Å²) in [6.07, 6.45) is 2.40. The molecule has 1 saturated carbocycles. The van der Waals surface area contributed by atoms with Gasteiger partial charge in [0, 0.05) is 31.3 Å². The molecule has 0 spiro atoms. The SMILES string of the molecule is NC(N)=NCCCNCc1cnn(C[C@H]2C(NC(=O)/C(=N\OC3(C(=O)O)CC3)c3csc(N)n3)C(=O)N2S(=O)(=O)O)n1. The summed E-state index contributed by atoms with van der Waals surface area (Å²) in [5.41, 5.74) is 14.5. The number of thiazole rings is 1. The molecule has 0 radical (unpaired) electrons. The standard InChI is InChI=1S/C20H28N12O8S2/c21-18(22)25-5-1-4-24-6-10-7-26-31(29-10)8-12-14(16(34)32(12)42(37,38)39)28-15(33)13(11-9-41-19(23)27-11)30-40-20(2-3-20)17(35)36/h7,9,12,14,24H,1-6,8H2,(H2,23,27)(H,28,33)(H,35,36)(H4,21,22,25)(H,37,38,39)/b30-13-/t12-,14?/m0/s1. The molecule has 2 fully saturated rings. The van der Waals surface area contributed by atoms with Gasteiger partial charge in [-0.25, -0.2) is 14.1 Å². The highest BCUT2D eigenvalue weighted by atomic mass is 32.2. The average Bonchev–Trinajstić information content (AvgIpc) is 3.37. The third-order valence-electron chi connectivity index (χ3n) is 6.14. The number of aromatic nitrogens is 4. The topological polar surface area (TPSA) is 309 Å². The van der Waals surface area contributed by atoms with Gasteiger partial charge in [0.15, 0.2) is 16.8 Å². The van der Waals surface area contributed by atoms with Crippen LogP contribution in [-0.2, 0) is 42.6 Å². The van der Waals surface area contributed by atoms with Gasteiger partial charge in [0.25, 0.3) is 11.8 Å². The fraction of sp³-hybridized carbons (Fsp3) is 0.500. The number of nitrogens with two attached hydrogens (primary N) is 3. The number of carboxylic acid groups (broad SMARTS) is 1. The van der Waals surface area contributed by atoms with Crippen LogP contribution in [0.5, 0.6) is 0 Å². The molecule has 2 aromatic rings. The van der Waals surface area contributed by atoms with Crippen molar-refractivity contribution >= 4 is 56.2 Å². The molecule has 1 aliphatic carbocycles. The number of carbonyl (C=O) groups is 3. The lowest BCUT2D eigenvalue weighted by molar-refractivity contribution is -0.153. The lowest BCUT2D eigenvalue weighted by atomic mass is 9.98. The zero-order valence-electron chi connectivity index (χ0n) is 21.8. The Morgan fingerprint density at radius 2 is 2.05 bits per heavy atom. The Morgan fingerprint density at radius 1 is 1.31 bits per heavy atom. The molecule has 1 aliphatic heterocycles. The number of β-lactam (4-membered cyclic amide) rings is 1. The normalized spacial score (nSPS) is 19.6. The van der Waals surface area contributed by atoms with Gasteiger partial charge < -0.3 is 37.8 Å². The summed E-state index contributed by atoms with van der Waals surface area (Å²) < 4.78 is 33.6. The first-order chi connectivity index (χ1) is 19.8.